The lowest BCUT2D eigenvalue weighted by molar-refractivity contribution is -0.151. The van der Waals surface area contributed by atoms with Crippen molar-refractivity contribution in [3.63, 3.8) is 0 Å². The van der Waals surface area contributed by atoms with E-state index in [9.17, 15) is 4.79 Å². The number of rotatable bonds is 7. The van der Waals surface area contributed by atoms with Gasteiger partial charge in [-0.3, -0.25) is 14.7 Å². The summed E-state index contributed by atoms with van der Waals surface area (Å²) < 4.78 is 5.98. The first kappa shape index (κ1) is 23.4. The van der Waals surface area contributed by atoms with Gasteiger partial charge < -0.3 is 9.64 Å². The number of pyridine rings is 1. The highest BCUT2D eigenvalue weighted by atomic mass is 16.5. The topological polar surface area (TPSA) is 45.7 Å². The van der Waals surface area contributed by atoms with Gasteiger partial charge in [0.15, 0.2) is 0 Å². The number of hydrogen-bond donors (Lipinski definition) is 0. The number of aryl methyl sites for hydroxylation is 2. The van der Waals surface area contributed by atoms with E-state index in [2.05, 4.69) is 74.0 Å². The predicted molar refractivity (Wildman–Crippen MR) is 133 cm³/mol. The van der Waals surface area contributed by atoms with Gasteiger partial charge in [0.1, 0.15) is 6.10 Å². The average Bonchev–Trinajstić information content (AvgIpc) is 2.80. The summed E-state index contributed by atoms with van der Waals surface area (Å²) in [4.78, 5) is 22.3. The Labute approximate surface area is 197 Å². The van der Waals surface area contributed by atoms with E-state index >= 15 is 0 Å². The lowest BCUT2D eigenvalue weighted by Crippen LogP contribution is -2.51. The molecule has 4 rings (SSSR count). The molecule has 1 aromatic heterocycles. The van der Waals surface area contributed by atoms with Crippen molar-refractivity contribution in [2.75, 3.05) is 26.2 Å². The number of benzene rings is 2. The zero-order valence-corrected chi connectivity index (χ0v) is 20.3. The maximum absolute atomic E-state index is 13.6. The molecule has 5 nitrogen and oxygen atoms in total. The molecule has 1 atom stereocenters. The van der Waals surface area contributed by atoms with Gasteiger partial charge in [0.25, 0.3) is 5.91 Å². The fraction of sp³-hybridized carbons (Fsp3) is 0.429. The van der Waals surface area contributed by atoms with Crippen LogP contribution in [0.15, 0.2) is 54.7 Å². The Hall–Kier alpha value is -2.76. The van der Waals surface area contributed by atoms with Crippen molar-refractivity contribution in [3.8, 4) is 0 Å². The molecule has 1 aliphatic rings. The Morgan fingerprint density at radius 3 is 2.73 bits per heavy atom. The van der Waals surface area contributed by atoms with Crippen LogP contribution < -0.4 is 0 Å². The number of fused-ring (bicyclic) bond motifs is 1. The second-order valence-corrected chi connectivity index (χ2v) is 9.66. The summed E-state index contributed by atoms with van der Waals surface area (Å²) in [6.45, 7) is 12.8. The Bertz CT molecular complexity index is 1110. The van der Waals surface area contributed by atoms with Crippen LogP contribution >= 0.6 is 0 Å². The number of ether oxygens (including phenoxy) is 1. The van der Waals surface area contributed by atoms with Crippen molar-refractivity contribution < 1.29 is 9.53 Å². The zero-order chi connectivity index (χ0) is 23.4. The van der Waals surface area contributed by atoms with E-state index in [0.29, 0.717) is 32.2 Å². The minimum Gasteiger partial charge on any atom is -0.366 e. The summed E-state index contributed by atoms with van der Waals surface area (Å²) in [5.41, 5.74) is 5.99. The highest BCUT2D eigenvalue weighted by Crippen LogP contribution is 2.19. The summed E-state index contributed by atoms with van der Waals surface area (Å²) in [7, 11) is 0. The highest BCUT2D eigenvalue weighted by Gasteiger charge is 2.30. The van der Waals surface area contributed by atoms with Gasteiger partial charge in [0.2, 0.25) is 0 Å². The number of nitrogens with zero attached hydrogens (tertiary/aromatic N) is 3. The molecule has 1 fully saturated rings. The molecule has 1 aliphatic heterocycles. The van der Waals surface area contributed by atoms with Crippen molar-refractivity contribution in [3.05, 3.63) is 77.0 Å². The molecule has 0 bridgehead atoms. The molecule has 5 heteroatoms. The van der Waals surface area contributed by atoms with Crippen LogP contribution in [0, 0.1) is 19.8 Å². The van der Waals surface area contributed by atoms with Gasteiger partial charge in [0, 0.05) is 44.3 Å². The fourth-order valence-electron chi connectivity index (χ4n) is 4.48. The largest absolute Gasteiger partial charge is 0.366 e. The fourth-order valence-corrected chi connectivity index (χ4v) is 4.48. The van der Waals surface area contributed by atoms with E-state index in [4.69, 9.17) is 4.74 Å². The van der Waals surface area contributed by atoms with Gasteiger partial charge in [-0.1, -0.05) is 44.2 Å². The Balaban J connectivity index is 1.46. The van der Waals surface area contributed by atoms with E-state index in [0.717, 1.165) is 29.6 Å². The predicted octanol–water partition coefficient (Wildman–Crippen LogP) is 4.74. The smallest absolute Gasteiger partial charge is 0.253 e. The number of hydrogen-bond acceptors (Lipinski definition) is 4. The molecule has 2 heterocycles. The molecule has 1 amide bonds. The quantitative estimate of drug-likeness (QED) is 0.527. The van der Waals surface area contributed by atoms with Crippen molar-refractivity contribution in [1.29, 1.82) is 0 Å². The van der Waals surface area contributed by atoms with Gasteiger partial charge in [-0.15, -0.1) is 0 Å². The molecule has 0 saturated carbocycles. The van der Waals surface area contributed by atoms with Crippen LogP contribution in [0.1, 0.15) is 36.1 Å². The first-order valence-electron chi connectivity index (χ1n) is 11.9. The van der Waals surface area contributed by atoms with Gasteiger partial charge in [-0.25, -0.2) is 0 Å². The third-order valence-electron chi connectivity index (χ3n) is 6.34. The van der Waals surface area contributed by atoms with Gasteiger partial charge in [0.05, 0.1) is 12.1 Å². The van der Waals surface area contributed by atoms with Crippen LogP contribution in [0.25, 0.3) is 10.9 Å². The Kier molecular flexibility index (Phi) is 7.41. The standard InChI is InChI=1S/C28H35N3O2/c1-20(2)16-31(18-24-9-10-26-25(15-24)6-5-11-29-26)28(32)27-19-30(12-13-33-27)17-23-8-7-21(3)22(4)14-23/h5-11,14-15,20,27H,12-13,16-19H2,1-4H3/t27-/m1/s1. The number of morpholine rings is 1. The monoisotopic (exact) mass is 445 g/mol. The van der Waals surface area contributed by atoms with E-state index in [1.807, 2.05) is 17.0 Å². The lowest BCUT2D eigenvalue weighted by atomic mass is 10.1. The highest BCUT2D eigenvalue weighted by molar-refractivity contribution is 5.82. The summed E-state index contributed by atoms with van der Waals surface area (Å²) >= 11 is 0. The Morgan fingerprint density at radius 1 is 1.12 bits per heavy atom. The van der Waals surface area contributed by atoms with Gasteiger partial charge in [-0.05, 0) is 60.2 Å². The van der Waals surface area contributed by atoms with Crippen molar-refractivity contribution in [2.24, 2.45) is 5.92 Å². The second-order valence-electron chi connectivity index (χ2n) is 9.66. The molecule has 1 saturated heterocycles. The third-order valence-corrected chi connectivity index (χ3v) is 6.34. The molecule has 0 aliphatic carbocycles. The van der Waals surface area contributed by atoms with Gasteiger partial charge >= 0.3 is 0 Å². The summed E-state index contributed by atoms with van der Waals surface area (Å²) in [5, 5.41) is 1.10. The number of carbonyl (C=O) groups is 1. The van der Waals surface area contributed by atoms with Crippen molar-refractivity contribution in [2.45, 2.75) is 46.9 Å². The molecule has 0 N–H and O–H groups in total. The molecule has 3 aromatic rings. The molecular weight excluding hydrogens is 410 g/mol. The summed E-state index contributed by atoms with van der Waals surface area (Å²) in [5.74, 6) is 0.464. The molecule has 0 unspecified atom stereocenters. The normalized spacial score (nSPS) is 16.9. The zero-order valence-electron chi connectivity index (χ0n) is 20.3. The molecule has 0 radical (unpaired) electrons. The SMILES string of the molecule is Cc1ccc(CN2CCO[C@@H](C(=O)N(Cc3ccc4ncccc4c3)CC(C)C)C2)cc1C. The molecule has 174 valence electrons. The first-order valence-corrected chi connectivity index (χ1v) is 11.9. The van der Waals surface area contributed by atoms with E-state index in [1.54, 1.807) is 6.20 Å². The summed E-state index contributed by atoms with van der Waals surface area (Å²) in [6.07, 6.45) is 1.38. The van der Waals surface area contributed by atoms with Crippen LogP contribution in [0.3, 0.4) is 0 Å². The van der Waals surface area contributed by atoms with E-state index in [-0.39, 0.29) is 5.91 Å². The third kappa shape index (κ3) is 5.98. The second kappa shape index (κ2) is 10.4. The van der Waals surface area contributed by atoms with Gasteiger partial charge in [-0.2, -0.15) is 0 Å². The number of aromatic nitrogens is 1. The minimum absolute atomic E-state index is 0.0831. The van der Waals surface area contributed by atoms with Crippen LogP contribution in [-0.2, 0) is 22.6 Å². The van der Waals surface area contributed by atoms with Crippen LogP contribution in [0.4, 0.5) is 0 Å². The minimum atomic E-state index is -0.425. The molecule has 0 spiro atoms. The number of carbonyl (C=O) groups excluding carboxylic acids is 1. The maximum atomic E-state index is 13.6. The molecule has 33 heavy (non-hydrogen) atoms. The van der Waals surface area contributed by atoms with Crippen molar-refractivity contribution >= 4 is 16.8 Å². The van der Waals surface area contributed by atoms with Crippen molar-refractivity contribution in [1.82, 2.24) is 14.8 Å². The van der Waals surface area contributed by atoms with Crippen LogP contribution in [0.5, 0.6) is 0 Å². The lowest BCUT2D eigenvalue weighted by Gasteiger charge is -2.35. The maximum Gasteiger partial charge on any atom is 0.253 e. The van der Waals surface area contributed by atoms with E-state index < -0.39 is 6.10 Å². The average molecular weight is 446 g/mol. The molecule has 2 aromatic carbocycles. The van der Waals surface area contributed by atoms with Crippen LogP contribution in [-0.4, -0.2) is 53.0 Å². The van der Waals surface area contributed by atoms with E-state index in [1.165, 1.54) is 16.7 Å². The molecular formula is C28H35N3O2. The first-order chi connectivity index (χ1) is 15.9. The Morgan fingerprint density at radius 2 is 1.94 bits per heavy atom. The number of amides is 1. The summed E-state index contributed by atoms with van der Waals surface area (Å²) in [6, 6.07) is 16.9. The van der Waals surface area contributed by atoms with Crippen LogP contribution in [0.2, 0.25) is 0 Å².